The Morgan fingerprint density at radius 1 is 1.32 bits per heavy atom. The first-order chi connectivity index (χ1) is 9.11. The van der Waals surface area contributed by atoms with Crippen molar-refractivity contribution in [1.82, 2.24) is 4.98 Å². The van der Waals surface area contributed by atoms with E-state index in [1.165, 1.54) is 18.2 Å². The summed E-state index contributed by atoms with van der Waals surface area (Å²) in [6.07, 6.45) is 1.39. The van der Waals surface area contributed by atoms with Crippen LogP contribution in [0.2, 0.25) is 0 Å². The van der Waals surface area contributed by atoms with E-state index in [4.69, 9.17) is 5.11 Å². The summed E-state index contributed by atoms with van der Waals surface area (Å²) in [4.78, 5) is 15.4. The van der Waals surface area contributed by atoms with E-state index in [0.717, 1.165) is 6.42 Å². The van der Waals surface area contributed by atoms with Crippen molar-refractivity contribution in [3.63, 3.8) is 0 Å². The van der Waals surface area contributed by atoms with Crippen molar-refractivity contribution in [3.8, 4) is 11.3 Å². The first-order valence-electron chi connectivity index (χ1n) is 6.11. The second-order valence-electron chi connectivity index (χ2n) is 4.26. The zero-order valence-corrected chi connectivity index (χ0v) is 10.6. The Balaban J connectivity index is 2.48. The molecular formula is C15H14FNO2. The van der Waals surface area contributed by atoms with Crippen LogP contribution >= 0.6 is 0 Å². The topological polar surface area (TPSA) is 50.2 Å². The smallest absolute Gasteiger partial charge is 0.337 e. The number of hydrogen-bond donors (Lipinski definition) is 1. The first-order valence-corrected chi connectivity index (χ1v) is 6.11. The Labute approximate surface area is 110 Å². The van der Waals surface area contributed by atoms with Crippen molar-refractivity contribution in [3.05, 3.63) is 53.5 Å². The van der Waals surface area contributed by atoms with Crippen LogP contribution in [0.5, 0.6) is 0 Å². The third-order valence-electron chi connectivity index (χ3n) is 2.81. The second kappa shape index (κ2) is 5.61. The summed E-state index contributed by atoms with van der Waals surface area (Å²) in [5.41, 5.74) is 1.99. The average molecular weight is 259 g/mol. The molecule has 2 aromatic rings. The van der Waals surface area contributed by atoms with Crippen LogP contribution < -0.4 is 0 Å². The minimum Gasteiger partial charge on any atom is -0.478 e. The molecule has 2 rings (SSSR count). The Hall–Kier alpha value is -2.23. The number of benzene rings is 1. The van der Waals surface area contributed by atoms with Gasteiger partial charge >= 0.3 is 5.97 Å². The number of nitrogens with zero attached hydrogens (tertiary/aromatic N) is 1. The summed E-state index contributed by atoms with van der Waals surface area (Å²) in [5.74, 6) is -1.32. The van der Waals surface area contributed by atoms with Gasteiger partial charge < -0.3 is 5.11 Å². The maximum absolute atomic E-state index is 13.2. The van der Waals surface area contributed by atoms with Crippen LogP contribution in [0.15, 0.2) is 36.4 Å². The van der Waals surface area contributed by atoms with E-state index in [0.29, 0.717) is 23.4 Å². The van der Waals surface area contributed by atoms with Gasteiger partial charge in [-0.25, -0.2) is 9.18 Å². The lowest BCUT2D eigenvalue weighted by Gasteiger charge is -2.07. The van der Waals surface area contributed by atoms with Gasteiger partial charge in [-0.2, -0.15) is 0 Å². The third kappa shape index (κ3) is 2.96. The normalized spacial score (nSPS) is 10.4. The first kappa shape index (κ1) is 13.2. The molecule has 0 unspecified atom stereocenters. The number of halogens is 1. The largest absolute Gasteiger partial charge is 0.478 e. The van der Waals surface area contributed by atoms with E-state index >= 15 is 0 Å². The molecule has 0 aliphatic carbocycles. The summed E-state index contributed by atoms with van der Waals surface area (Å²) in [6, 6.07) is 9.25. The minimum absolute atomic E-state index is 0.210. The van der Waals surface area contributed by atoms with Gasteiger partial charge in [-0.3, -0.25) is 4.98 Å². The zero-order valence-electron chi connectivity index (χ0n) is 10.6. The quantitative estimate of drug-likeness (QED) is 0.913. The highest BCUT2D eigenvalue weighted by Gasteiger charge is 2.12. The number of pyridine rings is 1. The number of rotatable bonds is 4. The maximum atomic E-state index is 13.2. The average Bonchev–Trinajstić information content (AvgIpc) is 2.39. The number of aromatic nitrogens is 1. The van der Waals surface area contributed by atoms with Gasteiger partial charge in [0.25, 0.3) is 0 Å². The summed E-state index contributed by atoms with van der Waals surface area (Å²) in [5, 5.41) is 9.10. The van der Waals surface area contributed by atoms with Crippen LogP contribution in [0.4, 0.5) is 4.39 Å². The van der Waals surface area contributed by atoms with Crippen molar-refractivity contribution >= 4 is 5.97 Å². The van der Waals surface area contributed by atoms with Crippen LogP contribution in [-0.4, -0.2) is 16.1 Å². The van der Waals surface area contributed by atoms with Crippen LogP contribution in [0, 0.1) is 5.82 Å². The highest BCUT2D eigenvalue weighted by molar-refractivity contribution is 5.89. The van der Waals surface area contributed by atoms with Gasteiger partial charge in [-0.1, -0.05) is 25.5 Å². The maximum Gasteiger partial charge on any atom is 0.337 e. The summed E-state index contributed by atoms with van der Waals surface area (Å²) in [7, 11) is 0. The van der Waals surface area contributed by atoms with Gasteiger partial charge in [0, 0.05) is 5.56 Å². The minimum atomic E-state index is -0.984. The van der Waals surface area contributed by atoms with Gasteiger partial charge in [0.15, 0.2) is 0 Å². The predicted octanol–water partition coefficient (Wildman–Crippen LogP) is 3.54. The summed E-state index contributed by atoms with van der Waals surface area (Å²) >= 11 is 0. The molecule has 1 N–H and O–H groups in total. The van der Waals surface area contributed by atoms with E-state index in [2.05, 4.69) is 4.98 Å². The Kier molecular flexibility index (Phi) is 3.90. The molecular weight excluding hydrogens is 245 g/mol. The molecule has 0 bridgehead atoms. The molecule has 1 heterocycles. The van der Waals surface area contributed by atoms with Gasteiger partial charge in [0.05, 0.1) is 17.0 Å². The molecule has 3 nitrogen and oxygen atoms in total. The van der Waals surface area contributed by atoms with E-state index in [1.54, 1.807) is 18.2 Å². The predicted molar refractivity (Wildman–Crippen MR) is 70.6 cm³/mol. The number of carbonyl (C=O) groups is 1. The lowest BCUT2D eigenvalue weighted by Crippen LogP contribution is -2.05. The summed E-state index contributed by atoms with van der Waals surface area (Å²) < 4.78 is 13.2. The highest BCUT2D eigenvalue weighted by Crippen LogP contribution is 2.20. The highest BCUT2D eigenvalue weighted by atomic mass is 19.1. The number of aromatic carboxylic acids is 1. The van der Waals surface area contributed by atoms with Gasteiger partial charge in [0.2, 0.25) is 0 Å². The molecule has 19 heavy (non-hydrogen) atoms. The number of aryl methyl sites for hydroxylation is 1. The van der Waals surface area contributed by atoms with Crippen molar-refractivity contribution in [2.24, 2.45) is 0 Å². The van der Waals surface area contributed by atoms with Crippen molar-refractivity contribution < 1.29 is 14.3 Å². The van der Waals surface area contributed by atoms with Crippen LogP contribution in [0.3, 0.4) is 0 Å². The van der Waals surface area contributed by atoms with Gasteiger partial charge in [0.1, 0.15) is 5.82 Å². The molecule has 0 fully saturated rings. The fourth-order valence-electron chi connectivity index (χ4n) is 1.93. The van der Waals surface area contributed by atoms with E-state index in [1.807, 2.05) is 6.92 Å². The molecule has 0 radical (unpaired) electrons. The molecule has 0 aliphatic heterocycles. The van der Waals surface area contributed by atoms with Crippen LogP contribution in [0.25, 0.3) is 11.3 Å². The van der Waals surface area contributed by atoms with E-state index in [9.17, 15) is 9.18 Å². The van der Waals surface area contributed by atoms with Crippen molar-refractivity contribution in [2.45, 2.75) is 19.8 Å². The molecule has 0 saturated heterocycles. The summed E-state index contributed by atoms with van der Waals surface area (Å²) in [6.45, 7) is 1.96. The third-order valence-corrected chi connectivity index (χ3v) is 2.81. The van der Waals surface area contributed by atoms with E-state index in [-0.39, 0.29) is 11.4 Å². The lowest BCUT2D eigenvalue weighted by atomic mass is 10.1. The fourth-order valence-corrected chi connectivity index (χ4v) is 1.93. The van der Waals surface area contributed by atoms with E-state index < -0.39 is 5.97 Å². The molecule has 0 atom stereocenters. The lowest BCUT2D eigenvalue weighted by molar-refractivity contribution is 0.0695. The van der Waals surface area contributed by atoms with Crippen LogP contribution in [0.1, 0.15) is 29.4 Å². The molecule has 4 heteroatoms. The molecule has 0 amide bonds. The van der Waals surface area contributed by atoms with Crippen molar-refractivity contribution in [1.29, 1.82) is 0 Å². The molecule has 0 aliphatic rings. The fraction of sp³-hybridized carbons (Fsp3) is 0.200. The molecule has 0 spiro atoms. The molecule has 1 aromatic carbocycles. The number of carboxylic acid groups (broad SMARTS) is 1. The number of hydrogen-bond acceptors (Lipinski definition) is 2. The molecule has 1 aromatic heterocycles. The number of carboxylic acids is 1. The SMILES string of the molecule is CCCc1nc(-c2cccc(F)c2)ccc1C(=O)O. The Morgan fingerprint density at radius 3 is 2.74 bits per heavy atom. The van der Waals surface area contributed by atoms with Crippen LogP contribution in [-0.2, 0) is 6.42 Å². The van der Waals surface area contributed by atoms with Crippen molar-refractivity contribution in [2.75, 3.05) is 0 Å². The monoisotopic (exact) mass is 259 g/mol. The Morgan fingerprint density at radius 2 is 2.11 bits per heavy atom. The standard InChI is InChI=1S/C15H14FNO2/c1-2-4-14-12(15(18)19)7-8-13(17-14)10-5-3-6-11(16)9-10/h3,5-9H,2,4H2,1H3,(H,18,19). The Bertz CT molecular complexity index is 611. The second-order valence-corrected chi connectivity index (χ2v) is 4.26. The molecule has 0 saturated carbocycles. The molecule has 98 valence electrons. The van der Waals surface area contributed by atoms with Gasteiger partial charge in [-0.05, 0) is 30.7 Å². The zero-order chi connectivity index (χ0) is 13.8. The van der Waals surface area contributed by atoms with Gasteiger partial charge in [-0.15, -0.1) is 0 Å².